The van der Waals surface area contributed by atoms with Crippen molar-refractivity contribution in [2.45, 2.75) is 26.1 Å². The zero-order chi connectivity index (χ0) is 13.1. The molecule has 0 fully saturated rings. The third-order valence-electron chi connectivity index (χ3n) is 1.80. The maximum absolute atomic E-state index is 12.3. The van der Waals surface area contributed by atoms with Crippen molar-refractivity contribution in [2.75, 3.05) is 11.9 Å². The van der Waals surface area contributed by atoms with E-state index in [-0.39, 0.29) is 16.9 Å². The van der Waals surface area contributed by atoms with Gasteiger partial charge in [0.25, 0.3) is 0 Å². The van der Waals surface area contributed by atoms with E-state index in [1.807, 2.05) is 0 Å². The fourth-order valence-corrected chi connectivity index (χ4v) is 1.05. The monoisotopic (exact) mass is 269 g/mol. The number of anilines is 1. The van der Waals surface area contributed by atoms with Gasteiger partial charge in [-0.3, -0.25) is 0 Å². The van der Waals surface area contributed by atoms with Crippen LogP contribution in [0.3, 0.4) is 0 Å². The van der Waals surface area contributed by atoms with E-state index < -0.39 is 12.3 Å². The van der Waals surface area contributed by atoms with Crippen LogP contribution in [0.2, 0.25) is 5.02 Å². The van der Waals surface area contributed by atoms with Gasteiger partial charge in [0.2, 0.25) is 11.8 Å². The molecule has 1 rings (SSSR count). The third-order valence-corrected chi connectivity index (χ3v) is 2.06. The molecule has 1 heterocycles. The van der Waals surface area contributed by atoms with Crippen molar-refractivity contribution >= 4 is 17.5 Å². The summed E-state index contributed by atoms with van der Waals surface area (Å²) in [5, 5.41) is 2.68. The van der Waals surface area contributed by atoms with Crippen LogP contribution in [0.4, 0.5) is 19.1 Å². The number of rotatable bonds is 4. The molecule has 8 heteroatoms. The zero-order valence-electron chi connectivity index (χ0n) is 9.18. The van der Waals surface area contributed by atoms with Crippen molar-refractivity contribution in [1.29, 1.82) is 0 Å². The van der Waals surface area contributed by atoms with Gasteiger partial charge in [-0.15, -0.1) is 0 Å². The molecule has 1 unspecified atom stereocenters. The molecule has 1 aromatic rings. The highest BCUT2D eigenvalue weighted by molar-refractivity contribution is 6.31. The smallest absolute Gasteiger partial charge is 0.425 e. The Morgan fingerprint density at radius 3 is 2.71 bits per heavy atom. The van der Waals surface area contributed by atoms with Crippen LogP contribution in [-0.4, -0.2) is 28.8 Å². The largest absolute Gasteiger partial charge is 0.464 e. The van der Waals surface area contributed by atoms with E-state index in [1.54, 1.807) is 6.92 Å². The maximum Gasteiger partial charge on any atom is 0.425 e. The Morgan fingerprint density at radius 1 is 1.53 bits per heavy atom. The van der Waals surface area contributed by atoms with Crippen LogP contribution in [-0.2, 0) is 0 Å². The van der Waals surface area contributed by atoms with Gasteiger partial charge in [0.15, 0.2) is 6.10 Å². The first-order chi connectivity index (χ1) is 7.84. The lowest BCUT2D eigenvalue weighted by atomic mass is 10.4. The lowest BCUT2D eigenvalue weighted by Crippen LogP contribution is -2.31. The van der Waals surface area contributed by atoms with Gasteiger partial charge in [-0.2, -0.15) is 18.2 Å². The first-order valence-electron chi connectivity index (χ1n) is 4.84. The molecule has 1 aromatic heterocycles. The van der Waals surface area contributed by atoms with Crippen LogP contribution in [0.25, 0.3) is 0 Å². The summed E-state index contributed by atoms with van der Waals surface area (Å²) in [7, 11) is 0. The molecule has 0 radical (unpaired) electrons. The minimum absolute atomic E-state index is 0.0669. The standard InChI is InChI=1S/C9H11ClF3N3O/c1-3-14-8-15-4-6(10)7(16-8)17-5(2)9(11,12)13/h4-5H,3H2,1-2H3,(H,14,15,16). The highest BCUT2D eigenvalue weighted by atomic mass is 35.5. The summed E-state index contributed by atoms with van der Waals surface area (Å²) in [5.41, 5.74) is 0. The number of nitrogens with one attached hydrogen (secondary N) is 1. The molecule has 1 N–H and O–H groups in total. The lowest BCUT2D eigenvalue weighted by Gasteiger charge is -2.17. The summed E-state index contributed by atoms with van der Waals surface area (Å²) in [4.78, 5) is 7.52. The van der Waals surface area contributed by atoms with Crippen molar-refractivity contribution in [2.24, 2.45) is 0 Å². The molecule has 0 aromatic carbocycles. The normalized spacial score (nSPS) is 13.3. The van der Waals surface area contributed by atoms with Crippen molar-refractivity contribution in [3.8, 4) is 5.88 Å². The molecule has 0 aliphatic heterocycles. The van der Waals surface area contributed by atoms with E-state index in [0.29, 0.717) is 6.54 Å². The Labute approximate surface area is 101 Å². The lowest BCUT2D eigenvalue weighted by molar-refractivity contribution is -0.189. The Balaban J connectivity index is 2.86. The van der Waals surface area contributed by atoms with Gasteiger partial charge in [0.1, 0.15) is 5.02 Å². The van der Waals surface area contributed by atoms with Crippen LogP contribution in [0, 0.1) is 0 Å². The Bertz CT molecular complexity index is 386. The van der Waals surface area contributed by atoms with Crippen LogP contribution in [0.15, 0.2) is 6.20 Å². The second-order valence-electron chi connectivity index (χ2n) is 3.18. The number of ether oxygens (including phenoxy) is 1. The molecular weight excluding hydrogens is 259 g/mol. The van der Waals surface area contributed by atoms with Crippen LogP contribution < -0.4 is 10.1 Å². The average Bonchev–Trinajstić information content (AvgIpc) is 2.22. The Morgan fingerprint density at radius 2 is 2.18 bits per heavy atom. The molecule has 0 saturated carbocycles. The van der Waals surface area contributed by atoms with Crippen LogP contribution >= 0.6 is 11.6 Å². The fraction of sp³-hybridized carbons (Fsp3) is 0.556. The van der Waals surface area contributed by atoms with Crippen molar-refractivity contribution in [3.05, 3.63) is 11.2 Å². The van der Waals surface area contributed by atoms with Gasteiger partial charge in [-0.05, 0) is 13.8 Å². The predicted molar refractivity (Wildman–Crippen MR) is 57.4 cm³/mol. The minimum Gasteiger partial charge on any atom is -0.464 e. The van der Waals surface area contributed by atoms with Crippen molar-refractivity contribution < 1.29 is 17.9 Å². The first kappa shape index (κ1) is 13.8. The predicted octanol–water partition coefficient (Wildman–Crippen LogP) is 2.89. The molecule has 0 aliphatic carbocycles. The number of nitrogens with zero attached hydrogens (tertiary/aromatic N) is 2. The average molecular weight is 270 g/mol. The maximum atomic E-state index is 12.3. The van der Waals surface area contributed by atoms with E-state index in [4.69, 9.17) is 11.6 Å². The highest BCUT2D eigenvalue weighted by Gasteiger charge is 2.38. The number of aromatic nitrogens is 2. The van der Waals surface area contributed by atoms with E-state index in [2.05, 4.69) is 20.0 Å². The van der Waals surface area contributed by atoms with Gasteiger partial charge in [0, 0.05) is 6.54 Å². The van der Waals surface area contributed by atoms with Gasteiger partial charge < -0.3 is 10.1 Å². The molecule has 1 atom stereocenters. The molecule has 4 nitrogen and oxygen atoms in total. The highest BCUT2D eigenvalue weighted by Crippen LogP contribution is 2.28. The zero-order valence-corrected chi connectivity index (χ0v) is 9.93. The quantitative estimate of drug-likeness (QED) is 0.913. The molecule has 0 spiro atoms. The van der Waals surface area contributed by atoms with Gasteiger partial charge in [-0.25, -0.2) is 4.98 Å². The summed E-state index contributed by atoms with van der Waals surface area (Å²) < 4.78 is 41.5. The molecular formula is C9H11ClF3N3O. The third kappa shape index (κ3) is 3.92. The van der Waals surface area contributed by atoms with Crippen molar-refractivity contribution in [1.82, 2.24) is 9.97 Å². The fourth-order valence-electron chi connectivity index (χ4n) is 0.912. The Hall–Kier alpha value is -1.24. The molecule has 0 amide bonds. The molecule has 96 valence electrons. The second kappa shape index (κ2) is 5.39. The topological polar surface area (TPSA) is 47.0 Å². The minimum atomic E-state index is -4.47. The van der Waals surface area contributed by atoms with Crippen LogP contribution in [0.5, 0.6) is 5.88 Å². The van der Waals surface area contributed by atoms with Crippen LogP contribution in [0.1, 0.15) is 13.8 Å². The molecule has 0 bridgehead atoms. The molecule has 17 heavy (non-hydrogen) atoms. The summed E-state index contributed by atoms with van der Waals surface area (Å²) in [6.07, 6.45) is -5.26. The summed E-state index contributed by atoms with van der Waals surface area (Å²) in [6, 6.07) is 0. The summed E-state index contributed by atoms with van der Waals surface area (Å²) in [6.45, 7) is 3.22. The van der Waals surface area contributed by atoms with E-state index in [0.717, 1.165) is 6.92 Å². The number of hydrogen-bond donors (Lipinski definition) is 1. The number of hydrogen-bond acceptors (Lipinski definition) is 4. The second-order valence-corrected chi connectivity index (χ2v) is 3.59. The SMILES string of the molecule is CCNc1ncc(Cl)c(OC(C)C(F)(F)F)n1. The molecule has 0 aliphatic rings. The van der Waals surface area contributed by atoms with E-state index in [9.17, 15) is 13.2 Å². The van der Waals surface area contributed by atoms with Gasteiger partial charge in [0.05, 0.1) is 6.20 Å². The van der Waals surface area contributed by atoms with Gasteiger partial charge >= 0.3 is 6.18 Å². The van der Waals surface area contributed by atoms with Crippen molar-refractivity contribution in [3.63, 3.8) is 0 Å². The number of alkyl halides is 3. The van der Waals surface area contributed by atoms with E-state index in [1.165, 1.54) is 6.20 Å². The van der Waals surface area contributed by atoms with E-state index >= 15 is 0 Å². The Kier molecular flexibility index (Phi) is 4.39. The van der Waals surface area contributed by atoms with Gasteiger partial charge in [-0.1, -0.05) is 11.6 Å². The number of halogens is 4. The summed E-state index contributed by atoms with van der Waals surface area (Å²) in [5.74, 6) is -0.122. The first-order valence-corrected chi connectivity index (χ1v) is 5.22. The molecule has 0 saturated heterocycles. The summed E-state index contributed by atoms with van der Waals surface area (Å²) >= 11 is 5.65.